The van der Waals surface area contributed by atoms with Gasteiger partial charge in [-0.2, -0.15) is 0 Å². The van der Waals surface area contributed by atoms with E-state index < -0.39 is 0 Å². The van der Waals surface area contributed by atoms with Crippen LogP contribution in [0.5, 0.6) is 0 Å². The molecular formula is C36H19NOS2. The van der Waals surface area contributed by atoms with Crippen LogP contribution in [0.25, 0.3) is 89.8 Å². The molecule has 0 unspecified atom stereocenters. The second-order valence-corrected chi connectivity index (χ2v) is 12.6. The largest absolute Gasteiger partial charge is 0.455 e. The van der Waals surface area contributed by atoms with E-state index in [9.17, 15) is 0 Å². The molecule has 0 saturated heterocycles. The first kappa shape index (κ1) is 21.2. The average Bonchev–Trinajstić information content (AvgIpc) is 3.75. The highest BCUT2D eigenvalue weighted by atomic mass is 32.1. The van der Waals surface area contributed by atoms with Gasteiger partial charge in [-0.05, 0) is 42.5 Å². The Bertz CT molecular complexity index is 2660. The first-order valence-corrected chi connectivity index (χ1v) is 15.1. The molecule has 0 fully saturated rings. The lowest BCUT2D eigenvalue weighted by molar-refractivity contribution is 0.673. The Balaban J connectivity index is 1.51. The van der Waals surface area contributed by atoms with Crippen LogP contribution in [0.2, 0.25) is 0 Å². The maximum atomic E-state index is 6.67. The van der Waals surface area contributed by atoms with E-state index >= 15 is 0 Å². The van der Waals surface area contributed by atoms with Crippen molar-refractivity contribution in [3.05, 3.63) is 115 Å². The fourth-order valence-electron chi connectivity index (χ4n) is 6.75. The first-order valence-electron chi connectivity index (χ1n) is 13.4. The summed E-state index contributed by atoms with van der Waals surface area (Å²) in [5, 5.41) is 10.1. The van der Waals surface area contributed by atoms with Crippen molar-refractivity contribution in [1.29, 1.82) is 0 Å². The normalized spacial score (nSPS) is 12.5. The number of furan rings is 1. The van der Waals surface area contributed by atoms with Gasteiger partial charge in [0, 0.05) is 62.9 Å². The zero-order chi connectivity index (χ0) is 25.9. The van der Waals surface area contributed by atoms with E-state index in [-0.39, 0.29) is 0 Å². The van der Waals surface area contributed by atoms with Gasteiger partial charge in [-0.3, -0.25) is 0 Å². The van der Waals surface area contributed by atoms with Gasteiger partial charge in [-0.15, -0.1) is 22.7 Å². The standard InChI is InChI=1S/C36H19NOS2/c1-5-13-26-22(10-1)31-32-23-11-2-6-14-27(23)38-35(32)36-33(24-12-4-8-16-29(24)40-36)34(31)37(26)20-17-18-30-25(19-20)21-9-3-7-15-28(21)39-30/h1-19H. The molecule has 0 amide bonds. The third-order valence-corrected chi connectivity index (χ3v) is 10.7. The number of nitrogens with zero attached hydrogens (tertiary/aromatic N) is 1. The van der Waals surface area contributed by atoms with E-state index in [2.05, 4.69) is 120 Å². The Morgan fingerprint density at radius 1 is 0.500 bits per heavy atom. The van der Waals surface area contributed by atoms with Crippen LogP contribution in [0, 0.1) is 0 Å². The quantitative estimate of drug-likeness (QED) is 0.201. The molecule has 0 saturated carbocycles. The van der Waals surface area contributed by atoms with Gasteiger partial charge in [0.2, 0.25) is 0 Å². The van der Waals surface area contributed by atoms with Crippen molar-refractivity contribution >= 4 is 107 Å². The maximum absolute atomic E-state index is 6.67. The molecule has 0 N–H and O–H groups in total. The van der Waals surface area contributed by atoms with Crippen molar-refractivity contribution in [2.24, 2.45) is 0 Å². The molecule has 0 aliphatic rings. The predicted octanol–water partition coefficient (Wildman–Crippen LogP) is 11.4. The lowest BCUT2D eigenvalue weighted by Crippen LogP contribution is -1.94. The van der Waals surface area contributed by atoms with Crippen LogP contribution in [-0.2, 0) is 0 Å². The fourth-order valence-corrected chi connectivity index (χ4v) is 9.02. The summed E-state index contributed by atoms with van der Waals surface area (Å²) < 4.78 is 14.3. The molecule has 10 aromatic rings. The Morgan fingerprint density at radius 3 is 2.05 bits per heavy atom. The van der Waals surface area contributed by atoms with Crippen molar-refractivity contribution in [1.82, 2.24) is 4.57 Å². The molecule has 4 heterocycles. The van der Waals surface area contributed by atoms with Crippen LogP contribution < -0.4 is 0 Å². The van der Waals surface area contributed by atoms with Gasteiger partial charge in [0.25, 0.3) is 0 Å². The first-order chi connectivity index (χ1) is 19.8. The van der Waals surface area contributed by atoms with Gasteiger partial charge in [-0.1, -0.05) is 72.8 Å². The number of rotatable bonds is 1. The predicted molar refractivity (Wildman–Crippen MR) is 174 cm³/mol. The molecule has 4 aromatic heterocycles. The monoisotopic (exact) mass is 545 g/mol. The van der Waals surface area contributed by atoms with E-state index in [1.807, 2.05) is 22.7 Å². The molecule has 0 spiro atoms. The van der Waals surface area contributed by atoms with E-state index in [1.165, 1.54) is 78.6 Å². The summed E-state index contributed by atoms with van der Waals surface area (Å²) in [6, 6.07) is 41.8. The third kappa shape index (κ3) is 2.58. The van der Waals surface area contributed by atoms with Crippen LogP contribution in [0.4, 0.5) is 0 Å². The van der Waals surface area contributed by atoms with E-state index in [4.69, 9.17) is 4.42 Å². The minimum absolute atomic E-state index is 0.937. The second-order valence-electron chi connectivity index (χ2n) is 10.5. The van der Waals surface area contributed by atoms with Crippen molar-refractivity contribution < 1.29 is 4.42 Å². The lowest BCUT2D eigenvalue weighted by Gasteiger charge is -2.10. The number of thiophene rings is 2. The minimum atomic E-state index is 0.937. The number of para-hydroxylation sites is 2. The molecule has 40 heavy (non-hydrogen) atoms. The SMILES string of the molecule is c1ccc2c(c1)oc1c3sc4ccccc4c3c3c(c4ccccc4n3-c3ccc4sc5ccccc5c4c3)c21. The zero-order valence-electron chi connectivity index (χ0n) is 21.1. The Hall–Kier alpha value is -4.64. The van der Waals surface area contributed by atoms with Crippen LogP contribution in [0.3, 0.4) is 0 Å². The Kier molecular flexibility index (Phi) is 3.98. The van der Waals surface area contributed by atoms with Gasteiger partial charge < -0.3 is 8.98 Å². The summed E-state index contributed by atoms with van der Waals surface area (Å²) in [4.78, 5) is 0. The van der Waals surface area contributed by atoms with Gasteiger partial charge in [-0.25, -0.2) is 0 Å². The lowest BCUT2D eigenvalue weighted by atomic mass is 10.0. The third-order valence-electron chi connectivity index (χ3n) is 8.38. The summed E-state index contributed by atoms with van der Waals surface area (Å²) in [6.07, 6.45) is 0. The molecule has 2 nitrogen and oxygen atoms in total. The Morgan fingerprint density at radius 2 is 1.18 bits per heavy atom. The number of benzene rings is 6. The Labute approximate surface area is 235 Å². The highest BCUT2D eigenvalue weighted by molar-refractivity contribution is 7.27. The van der Waals surface area contributed by atoms with Gasteiger partial charge in [0.15, 0.2) is 5.58 Å². The molecule has 6 aromatic carbocycles. The zero-order valence-corrected chi connectivity index (χ0v) is 22.8. The van der Waals surface area contributed by atoms with Gasteiger partial charge in [0.1, 0.15) is 5.58 Å². The fraction of sp³-hybridized carbons (Fsp3) is 0. The number of hydrogen-bond donors (Lipinski definition) is 0. The molecule has 4 heteroatoms. The smallest absolute Gasteiger partial charge is 0.154 e. The molecule has 0 atom stereocenters. The maximum Gasteiger partial charge on any atom is 0.154 e. The number of hydrogen-bond acceptors (Lipinski definition) is 3. The van der Waals surface area contributed by atoms with E-state index in [0.29, 0.717) is 0 Å². The van der Waals surface area contributed by atoms with Gasteiger partial charge in [0.05, 0.1) is 15.7 Å². The van der Waals surface area contributed by atoms with Crippen molar-refractivity contribution in [3.8, 4) is 5.69 Å². The van der Waals surface area contributed by atoms with Crippen LogP contribution in [0.15, 0.2) is 120 Å². The van der Waals surface area contributed by atoms with E-state index in [1.54, 1.807) is 0 Å². The van der Waals surface area contributed by atoms with Crippen LogP contribution in [0.1, 0.15) is 0 Å². The molecule has 0 bridgehead atoms. The van der Waals surface area contributed by atoms with Crippen molar-refractivity contribution in [2.75, 3.05) is 0 Å². The van der Waals surface area contributed by atoms with Crippen molar-refractivity contribution in [3.63, 3.8) is 0 Å². The van der Waals surface area contributed by atoms with E-state index in [0.717, 1.165) is 11.2 Å². The average molecular weight is 546 g/mol. The highest BCUT2D eigenvalue weighted by Gasteiger charge is 2.25. The summed E-state index contributed by atoms with van der Waals surface area (Å²) >= 11 is 3.70. The topological polar surface area (TPSA) is 18.1 Å². The molecular weight excluding hydrogens is 527 g/mol. The molecule has 0 aliphatic carbocycles. The summed E-state index contributed by atoms with van der Waals surface area (Å²) in [6.45, 7) is 0. The molecule has 10 rings (SSSR count). The molecule has 0 aliphatic heterocycles. The molecule has 186 valence electrons. The van der Waals surface area contributed by atoms with Gasteiger partial charge >= 0.3 is 0 Å². The number of aromatic nitrogens is 1. The highest BCUT2D eigenvalue weighted by Crippen LogP contribution is 2.50. The van der Waals surface area contributed by atoms with Crippen LogP contribution >= 0.6 is 22.7 Å². The summed E-state index contributed by atoms with van der Waals surface area (Å²) in [5.41, 5.74) is 5.59. The number of fused-ring (bicyclic) bond motifs is 15. The minimum Gasteiger partial charge on any atom is -0.455 e. The van der Waals surface area contributed by atoms with Crippen molar-refractivity contribution in [2.45, 2.75) is 0 Å². The van der Waals surface area contributed by atoms with Crippen LogP contribution in [-0.4, -0.2) is 4.57 Å². The summed E-state index contributed by atoms with van der Waals surface area (Å²) in [5.74, 6) is 0. The molecule has 0 radical (unpaired) electrons. The second kappa shape index (κ2) is 7.51. The summed E-state index contributed by atoms with van der Waals surface area (Å²) in [7, 11) is 0.